The standard InChI is InChI=1S/C21H23N3O2S/c1-13(2)15-8-7-9-16(12-15)23-20(25)19-14(3)22-21(27-19)24-17-10-5-6-11-18(17)26-4/h5-13H,1-4H3,(H,22,24)(H,23,25). The van der Waals surface area contributed by atoms with Crippen LogP contribution >= 0.6 is 11.3 Å². The lowest BCUT2D eigenvalue weighted by atomic mass is 10.0. The minimum absolute atomic E-state index is 0.154. The fraction of sp³-hybridized carbons (Fsp3) is 0.238. The van der Waals surface area contributed by atoms with E-state index in [-0.39, 0.29) is 5.91 Å². The van der Waals surface area contributed by atoms with Gasteiger partial charge < -0.3 is 15.4 Å². The van der Waals surface area contributed by atoms with Crippen molar-refractivity contribution in [3.05, 3.63) is 64.7 Å². The SMILES string of the molecule is COc1ccccc1Nc1nc(C)c(C(=O)Nc2cccc(C(C)C)c2)s1. The topological polar surface area (TPSA) is 63.2 Å². The van der Waals surface area contributed by atoms with Crippen molar-refractivity contribution in [1.29, 1.82) is 0 Å². The third-order valence-corrected chi connectivity index (χ3v) is 5.23. The fourth-order valence-electron chi connectivity index (χ4n) is 2.69. The first-order valence-electron chi connectivity index (χ1n) is 8.76. The molecule has 0 aliphatic heterocycles. The highest BCUT2D eigenvalue weighted by Crippen LogP contribution is 2.31. The molecule has 2 N–H and O–H groups in total. The highest BCUT2D eigenvalue weighted by molar-refractivity contribution is 7.17. The van der Waals surface area contributed by atoms with Gasteiger partial charge in [-0.05, 0) is 42.7 Å². The monoisotopic (exact) mass is 381 g/mol. The first-order valence-corrected chi connectivity index (χ1v) is 9.58. The molecule has 3 aromatic rings. The van der Waals surface area contributed by atoms with Gasteiger partial charge in [-0.25, -0.2) is 4.98 Å². The molecule has 0 aliphatic rings. The minimum Gasteiger partial charge on any atom is -0.495 e. The molecule has 0 atom stereocenters. The van der Waals surface area contributed by atoms with E-state index in [1.807, 2.05) is 49.4 Å². The van der Waals surface area contributed by atoms with Crippen LogP contribution in [-0.4, -0.2) is 18.0 Å². The number of hydrogen-bond acceptors (Lipinski definition) is 5. The lowest BCUT2D eigenvalue weighted by Crippen LogP contribution is -2.11. The molecule has 1 heterocycles. The second kappa shape index (κ2) is 8.22. The van der Waals surface area contributed by atoms with Crippen LogP contribution in [0.25, 0.3) is 0 Å². The van der Waals surface area contributed by atoms with Gasteiger partial charge >= 0.3 is 0 Å². The number of nitrogens with one attached hydrogen (secondary N) is 2. The van der Waals surface area contributed by atoms with E-state index in [0.29, 0.717) is 21.6 Å². The van der Waals surface area contributed by atoms with E-state index in [0.717, 1.165) is 17.1 Å². The second-order valence-electron chi connectivity index (χ2n) is 6.49. The molecular formula is C21H23N3O2S. The number of thiazole rings is 1. The number of aromatic nitrogens is 1. The molecule has 6 heteroatoms. The number of carbonyl (C=O) groups excluding carboxylic acids is 1. The summed E-state index contributed by atoms with van der Waals surface area (Å²) >= 11 is 1.32. The van der Waals surface area contributed by atoms with Crippen LogP contribution in [0.15, 0.2) is 48.5 Å². The van der Waals surface area contributed by atoms with Gasteiger partial charge in [0.2, 0.25) is 0 Å². The summed E-state index contributed by atoms with van der Waals surface area (Å²) in [6.45, 7) is 6.09. The molecule has 3 rings (SSSR count). The number of ether oxygens (including phenoxy) is 1. The van der Waals surface area contributed by atoms with Crippen LogP contribution in [0, 0.1) is 6.92 Å². The van der Waals surface area contributed by atoms with Gasteiger partial charge in [0.15, 0.2) is 5.13 Å². The van der Waals surface area contributed by atoms with Crippen LogP contribution in [-0.2, 0) is 0 Å². The van der Waals surface area contributed by atoms with Crippen LogP contribution in [0.3, 0.4) is 0 Å². The van der Waals surface area contributed by atoms with Gasteiger partial charge in [-0.2, -0.15) is 0 Å². The van der Waals surface area contributed by atoms with Crippen LogP contribution in [0.1, 0.15) is 40.7 Å². The van der Waals surface area contributed by atoms with Crippen molar-refractivity contribution in [3.63, 3.8) is 0 Å². The Hall–Kier alpha value is -2.86. The summed E-state index contributed by atoms with van der Waals surface area (Å²) in [5, 5.41) is 6.85. The van der Waals surface area contributed by atoms with E-state index in [9.17, 15) is 4.79 Å². The number of benzene rings is 2. The lowest BCUT2D eigenvalue weighted by Gasteiger charge is -2.09. The number of rotatable bonds is 6. The maximum absolute atomic E-state index is 12.7. The third kappa shape index (κ3) is 4.46. The van der Waals surface area contributed by atoms with E-state index in [4.69, 9.17) is 4.74 Å². The summed E-state index contributed by atoms with van der Waals surface area (Å²) in [5.74, 6) is 0.976. The Morgan fingerprint density at radius 1 is 1.15 bits per heavy atom. The maximum atomic E-state index is 12.7. The Morgan fingerprint density at radius 2 is 1.93 bits per heavy atom. The molecule has 0 saturated heterocycles. The summed E-state index contributed by atoms with van der Waals surface area (Å²) < 4.78 is 5.35. The Bertz CT molecular complexity index is 950. The van der Waals surface area contributed by atoms with Gasteiger partial charge in [0, 0.05) is 5.69 Å². The van der Waals surface area contributed by atoms with Crippen molar-refractivity contribution in [2.45, 2.75) is 26.7 Å². The molecule has 140 valence electrons. The summed E-state index contributed by atoms with van der Waals surface area (Å²) in [4.78, 5) is 17.8. The van der Waals surface area contributed by atoms with Gasteiger partial charge in [-0.15, -0.1) is 0 Å². The van der Waals surface area contributed by atoms with Crippen LogP contribution in [0.4, 0.5) is 16.5 Å². The van der Waals surface area contributed by atoms with Gasteiger partial charge in [-0.1, -0.05) is 49.4 Å². The zero-order chi connectivity index (χ0) is 19.4. The number of para-hydroxylation sites is 2. The molecule has 1 aromatic heterocycles. The molecular weight excluding hydrogens is 358 g/mol. The Labute approximate surface area is 163 Å². The lowest BCUT2D eigenvalue weighted by molar-refractivity contribution is 0.103. The van der Waals surface area contributed by atoms with E-state index in [2.05, 4.69) is 35.5 Å². The predicted molar refractivity (Wildman–Crippen MR) is 112 cm³/mol. The van der Waals surface area contributed by atoms with Crippen LogP contribution in [0.5, 0.6) is 5.75 Å². The molecule has 5 nitrogen and oxygen atoms in total. The van der Waals surface area contributed by atoms with Crippen LogP contribution < -0.4 is 15.4 Å². The summed E-state index contributed by atoms with van der Waals surface area (Å²) in [6, 6.07) is 15.5. The number of amides is 1. The Kier molecular flexibility index (Phi) is 5.76. The molecule has 0 spiro atoms. The van der Waals surface area contributed by atoms with Crippen molar-refractivity contribution in [2.75, 3.05) is 17.7 Å². The summed E-state index contributed by atoms with van der Waals surface area (Å²) in [7, 11) is 1.62. The molecule has 2 aromatic carbocycles. The highest BCUT2D eigenvalue weighted by Gasteiger charge is 2.16. The van der Waals surface area contributed by atoms with Crippen molar-refractivity contribution in [1.82, 2.24) is 4.98 Å². The normalized spacial score (nSPS) is 10.7. The number of nitrogens with zero attached hydrogens (tertiary/aromatic N) is 1. The average Bonchev–Trinajstić information content (AvgIpc) is 3.02. The van der Waals surface area contributed by atoms with Crippen molar-refractivity contribution >= 4 is 33.8 Å². The van der Waals surface area contributed by atoms with Gasteiger partial charge in [0.05, 0.1) is 18.5 Å². The molecule has 1 amide bonds. The zero-order valence-electron chi connectivity index (χ0n) is 15.9. The maximum Gasteiger partial charge on any atom is 0.267 e. The first kappa shape index (κ1) is 18.9. The third-order valence-electron chi connectivity index (χ3n) is 4.16. The summed E-state index contributed by atoms with van der Waals surface area (Å²) in [6.07, 6.45) is 0. The fourth-order valence-corrected chi connectivity index (χ4v) is 3.56. The van der Waals surface area contributed by atoms with Gasteiger partial charge in [-0.3, -0.25) is 4.79 Å². The highest BCUT2D eigenvalue weighted by atomic mass is 32.1. The molecule has 0 saturated carbocycles. The van der Waals surface area contributed by atoms with E-state index < -0.39 is 0 Å². The molecule has 0 bridgehead atoms. The number of methoxy groups -OCH3 is 1. The van der Waals surface area contributed by atoms with E-state index in [1.54, 1.807) is 7.11 Å². The molecule has 0 unspecified atom stereocenters. The van der Waals surface area contributed by atoms with Crippen molar-refractivity contribution in [3.8, 4) is 5.75 Å². The first-order chi connectivity index (χ1) is 13.0. The zero-order valence-corrected chi connectivity index (χ0v) is 16.7. The minimum atomic E-state index is -0.154. The number of hydrogen-bond donors (Lipinski definition) is 2. The number of aryl methyl sites for hydroxylation is 1. The van der Waals surface area contributed by atoms with Crippen molar-refractivity contribution in [2.24, 2.45) is 0 Å². The average molecular weight is 382 g/mol. The quantitative estimate of drug-likeness (QED) is 0.585. The van der Waals surface area contributed by atoms with E-state index in [1.165, 1.54) is 16.9 Å². The smallest absolute Gasteiger partial charge is 0.267 e. The second-order valence-corrected chi connectivity index (χ2v) is 7.49. The Morgan fingerprint density at radius 3 is 2.67 bits per heavy atom. The molecule has 0 aliphatic carbocycles. The number of carbonyl (C=O) groups is 1. The van der Waals surface area contributed by atoms with Crippen LogP contribution in [0.2, 0.25) is 0 Å². The molecule has 27 heavy (non-hydrogen) atoms. The summed E-state index contributed by atoms with van der Waals surface area (Å²) in [5.41, 5.74) is 3.48. The number of anilines is 3. The van der Waals surface area contributed by atoms with Crippen molar-refractivity contribution < 1.29 is 9.53 Å². The molecule has 0 fully saturated rings. The van der Waals surface area contributed by atoms with Gasteiger partial charge in [0.25, 0.3) is 5.91 Å². The largest absolute Gasteiger partial charge is 0.495 e. The van der Waals surface area contributed by atoms with E-state index >= 15 is 0 Å². The molecule has 0 radical (unpaired) electrons. The Balaban J connectivity index is 1.78. The van der Waals surface area contributed by atoms with Gasteiger partial charge in [0.1, 0.15) is 10.6 Å². The predicted octanol–water partition coefficient (Wildman–Crippen LogP) is 5.58.